The first kappa shape index (κ1) is 11.5. The summed E-state index contributed by atoms with van der Waals surface area (Å²) in [5, 5.41) is 2.98. The molecule has 1 aliphatic carbocycles. The number of carbonyl (C=O) groups excluding carboxylic acids is 1. The third-order valence-electron chi connectivity index (χ3n) is 2.92. The summed E-state index contributed by atoms with van der Waals surface area (Å²) < 4.78 is 0. The first-order valence-corrected chi connectivity index (χ1v) is 5.64. The standard InChI is InChI=1S/C11H22N2O/c1-8(2)13-11(14)10-5-3-4-9(6-10)7-12/h8-10H,3-7,12H2,1-2H3,(H,13,14). The Labute approximate surface area is 86.4 Å². The fourth-order valence-corrected chi connectivity index (χ4v) is 2.15. The highest BCUT2D eigenvalue weighted by Gasteiger charge is 2.26. The Morgan fingerprint density at radius 3 is 2.79 bits per heavy atom. The maximum atomic E-state index is 11.7. The average molecular weight is 198 g/mol. The van der Waals surface area contributed by atoms with Gasteiger partial charge in [0.25, 0.3) is 0 Å². The lowest BCUT2D eigenvalue weighted by Crippen LogP contribution is -2.38. The van der Waals surface area contributed by atoms with Crippen LogP contribution in [0.4, 0.5) is 0 Å². The number of nitrogens with one attached hydrogen (secondary N) is 1. The maximum Gasteiger partial charge on any atom is 0.223 e. The highest BCUT2D eigenvalue weighted by atomic mass is 16.1. The minimum absolute atomic E-state index is 0.208. The van der Waals surface area contributed by atoms with Gasteiger partial charge in [-0.15, -0.1) is 0 Å². The van der Waals surface area contributed by atoms with Crippen molar-refractivity contribution in [3.63, 3.8) is 0 Å². The molecule has 0 aliphatic heterocycles. The Balaban J connectivity index is 2.39. The van der Waals surface area contributed by atoms with Crippen molar-refractivity contribution in [3.8, 4) is 0 Å². The van der Waals surface area contributed by atoms with Gasteiger partial charge in [0.1, 0.15) is 0 Å². The molecule has 1 amide bonds. The number of amides is 1. The molecule has 3 heteroatoms. The molecule has 0 aromatic heterocycles. The molecule has 0 aromatic rings. The molecule has 0 heterocycles. The van der Waals surface area contributed by atoms with Gasteiger partial charge in [-0.2, -0.15) is 0 Å². The smallest absolute Gasteiger partial charge is 0.223 e. The molecule has 1 fully saturated rings. The fourth-order valence-electron chi connectivity index (χ4n) is 2.15. The van der Waals surface area contributed by atoms with E-state index >= 15 is 0 Å². The van der Waals surface area contributed by atoms with Gasteiger partial charge in [-0.05, 0) is 45.6 Å². The van der Waals surface area contributed by atoms with Crippen molar-refractivity contribution in [3.05, 3.63) is 0 Å². The van der Waals surface area contributed by atoms with Crippen molar-refractivity contribution in [2.75, 3.05) is 6.54 Å². The molecule has 82 valence electrons. The molecule has 0 saturated heterocycles. The SMILES string of the molecule is CC(C)NC(=O)C1CCCC(CN)C1. The maximum absolute atomic E-state index is 11.7. The van der Waals surface area contributed by atoms with Gasteiger partial charge in [0.05, 0.1) is 0 Å². The number of nitrogens with two attached hydrogens (primary N) is 1. The molecule has 1 aliphatic rings. The largest absolute Gasteiger partial charge is 0.354 e. The summed E-state index contributed by atoms with van der Waals surface area (Å²) in [4.78, 5) is 11.7. The van der Waals surface area contributed by atoms with Crippen LogP contribution < -0.4 is 11.1 Å². The Kier molecular flexibility index (Phi) is 4.39. The highest BCUT2D eigenvalue weighted by molar-refractivity contribution is 5.78. The van der Waals surface area contributed by atoms with Crippen LogP contribution in [0, 0.1) is 11.8 Å². The third kappa shape index (κ3) is 3.29. The molecule has 2 unspecified atom stereocenters. The Bertz CT molecular complexity index is 192. The second-order valence-corrected chi connectivity index (χ2v) is 4.63. The fraction of sp³-hybridized carbons (Fsp3) is 0.909. The van der Waals surface area contributed by atoms with Crippen LogP contribution in [0.2, 0.25) is 0 Å². The van der Waals surface area contributed by atoms with Crippen molar-refractivity contribution in [1.29, 1.82) is 0 Å². The Hall–Kier alpha value is -0.570. The first-order valence-electron chi connectivity index (χ1n) is 5.64. The molecule has 14 heavy (non-hydrogen) atoms. The normalized spacial score (nSPS) is 27.7. The minimum atomic E-state index is 0.208. The van der Waals surface area contributed by atoms with Gasteiger partial charge in [0.2, 0.25) is 5.91 Å². The lowest BCUT2D eigenvalue weighted by molar-refractivity contribution is -0.126. The van der Waals surface area contributed by atoms with Gasteiger partial charge >= 0.3 is 0 Å². The predicted octanol–water partition coefficient (Wildman–Crippen LogP) is 1.28. The van der Waals surface area contributed by atoms with E-state index in [2.05, 4.69) is 5.32 Å². The Morgan fingerprint density at radius 2 is 2.21 bits per heavy atom. The van der Waals surface area contributed by atoms with Crippen molar-refractivity contribution in [2.24, 2.45) is 17.6 Å². The quantitative estimate of drug-likeness (QED) is 0.717. The van der Waals surface area contributed by atoms with Gasteiger partial charge in [-0.1, -0.05) is 6.42 Å². The lowest BCUT2D eigenvalue weighted by Gasteiger charge is -2.27. The van der Waals surface area contributed by atoms with Crippen LogP contribution in [0.25, 0.3) is 0 Å². The van der Waals surface area contributed by atoms with Crippen LogP contribution in [0.15, 0.2) is 0 Å². The van der Waals surface area contributed by atoms with E-state index in [1.54, 1.807) is 0 Å². The van der Waals surface area contributed by atoms with Crippen LogP contribution in [0.5, 0.6) is 0 Å². The molecule has 3 N–H and O–H groups in total. The first-order chi connectivity index (χ1) is 6.63. The van der Waals surface area contributed by atoms with E-state index in [9.17, 15) is 4.79 Å². The van der Waals surface area contributed by atoms with E-state index in [4.69, 9.17) is 5.73 Å². The Morgan fingerprint density at radius 1 is 1.50 bits per heavy atom. The highest BCUT2D eigenvalue weighted by Crippen LogP contribution is 2.28. The molecule has 0 aromatic carbocycles. The van der Waals surface area contributed by atoms with E-state index in [0.29, 0.717) is 5.92 Å². The van der Waals surface area contributed by atoms with Crippen molar-refractivity contribution in [2.45, 2.75) is 45.6 Å². The van der Waals surface area contributed by atoms with Gasteiger partial charge in [-0.3, -0.25) is 4.79 Å². The predicted molar refractivity (Wildman–Crippen MR) is 57.8 cm³/mol. The minimum Gasteiger partial charge on any atom is -0.354 e. The van der Waals surface area contributed by atoms with Crippen LogP contribution in [0.3, 0.4) is 0 Å². The van der Waals surface area contributed by atoms with Crippen LogP contribution in [-0.4, -0.2) is 18.5 Å². The average Bonchev–Trinajstić information content (AvgIpc) is 2.17. The topological polar surface area (TPSA) is 55.1 Å². The van der Waals surface area contributed by atoms with Gasteiger partial charge in [-0.25, -0.2) is 0 Å². The second-order valence-electron chi connectivity index (χ2n) is 4.63. The summed E-state index contributed by atoms with van der Waals surface area (Å²) in [6, 6.07) is 0.251. The van der Waals surface area contributed by atoms with Crippen molar-refractivity contribution >= 4 is 5.91 Å². The molecule has 2 atom stereocenters. The van der Waals surface area contributed by atoms with Gasteiger partial charge < -0.3 is 11.1 Å². The monoisotopic (exact) mass is 198 g/mol. The number of hydrogen-bond donors (Lipinski definition) is 2. The van der Waals surface area contributed by atoms with E-state index in [-0.39, 0.29) is 17.9 Å². The zero-order valence-electron chi connectivity index (χ0n) is 9.25. The summed E-state index contributed by atoms with van der Waals surface area (Å²) in [7, 11) is 0. The van der Waals surface area contributed by atoms with Crippen molar-refractivity contribution < 1.29 is 4.79 Å². The lowest BCUT2D eigenvalue weighted by atomic mass is 9.81. The zero-order valence-corrected chi connectivity index (χ0v) is 9.25. The van der Waals surface area contributed by atoms with E-state index < -0.39 is 0 Å². The zero-order chi connectivity index (χ0) is 10.6. The number of hydrogen-bond acceptors (Lipinski definition) is 2. The second kappa shape index (κ2) is 5.35. The molecular weight excluding hydrogens is 176 g/mol. The molecule has 3 nitrogen and oxygen atoms in total. The molecular formula is C11H22N2O. The van der Waals surface area contributed by atoms with E-state index in [1.807, 2.05) is 13.8 Å². The third-order valence-corrected chi connectivity index (χ3v) is 2.92. The summed E-state index contributed by atoms with van der Waals surface area (Å²) >= 11 is 0. The number of carbonyl (C=O) groups is 1. The van der Waals surface area contributed by atoms with E-state index in [0.717, 1.165) is 25.8 Å². The van der Waals surface area contributed by atoms with Crippen molar-refractivity contribution in [1.82, 2.24) is 5.32 Å². The van der Waals surface area contributed by atoms with E-state index in [1.165, 1.54) is 6.42 Å². The summed E-state index contributed by atoms with van der Waals surface area (Å²) in [6.45, 7) is 4.73. The molecule has 1 saturated carbocycles. The summed E-state index contributed by atoms with van der Waals surface area (Å²) in [6.07, 6.45) is 4.37. The van der Waals surface area contributed by atoms with Crippen LogP contribution in [-0.2, 0) is 4.79 Å². The molecule has 0 spiro atoms. The number of rotatable bonds is 3. The summed E-state index contributed by atoms with van der Waals surface area (Å²) in [5.74, 6) is 0.990. The summed E-state index contributed by atoms with van der Waals surface area (Å²) in [5.41, 5.74) is 5.64. The van der Waals surface area contributed by atoms with Crippen LogP contribution >= 0.6 is 0 Å². The molecule has 0 radical (unpaired) electrons. The molecule has 0 bridgehead atoms. The van der Waals surface area contributed by atoms with Gasteiger partial charge in [0, 0.05) is 12.0 Å². The van der Waals surface area contributed by atoms with Crippen LogP contribution in [0.1, 0.15) is 39.5 Å². The van der Waals surface area contributed by atoms with Gasteiger partial charge in [0.15, 0.2) is 0 Å². The molecule has 1 rings (SSSR count).